The van der Waals surface area contributed by atoms with Gasteiger partial charge in [-0.2, -0.15) is 0 Å². The minimum atomic E-state index is 0.135. The number of aryl methyl sites for hydroxylation is 1. The van der Waals surface area contributed by atoms with Crippen molar-refractivity contribution in [3.8, 4) is 5.00 Å². The van der Waals surface area contributed by atoms with E-state index in [1.54, 1.807) is 11.3 Å². The van der Waals surface area contributed by atoms with E-state index in [2.05, 4.69) is 9.88 Å². The van der Waals surface area contributed by atoms with Crippen molar-refractivity contribution in [2.45, 2.75) is 44.6 Å². The van der Waals surface area contributed by atoms with Gasteiger partial charge in [0.1, 0.15) is 5.00 Å². The van der Waals surface area contributed by atoms with Crippen molar-refractivity contribution >= 4 is 17.2 Å². The Hall–Kier alpha value is -1.55. The van der Waals surface area contributed by atoms with Crippen LogP contribution in [0.5, 0.6) is 0 Å². The smallest absolute Gasteiger partial charge is 0.254 e. The highest BCUT2D eigenvalue weighted by Crippen LogP contribution is 2.37. The average Bonchev–Trinajstić information content (AvgIpc) is 2.99. The second-order valence-corrected chi connectivity index (χ2v) is 6.81. The lowest BCUT2D eigenvalue weighted by molar-refractivity contribution is 0.0950. The van der Waals surface area contributed by atoms with Gasteiger partial charge in [-0.15, -0.1) is 11.3 Å². The first-order valence-corrected chi connectivity index (χ1v) is 8.23. The monoisotopic (exact) mass is 286 g/mol. The van der Waals surface area contributed by atoms with Crippen LogP contribution in [0.15, 0.2) is 24.5 Å². The minimum absolute atomic E-state index is 0.135. The molecule has 1 saturated carbocycles. The van der Waals surface area contributed by atoms with Crippen molar-refractivity contribution in [1.29, 1.82) is 0 Å². The molecule has 2 aromatic heterocycles. The number of fused-ring (bicyclic) bond motifs is 1. The van der Waals surface area contributed by atoms with Crippen LogP contribution in [0.25, 0.3) is 5.00 Å². The Morgan fingerprint density at radius 2 is 1.95 bits per heavy atom. The summed E-state index contributed by atoms with van der Waals surface area (Å²) in [5.74, 6) is 0.135. The standard InChI is InChI=1S/C16H18N2OS/c19-15(17-11-7-8-11)14-12-5-1-2-6-13(12)20-16(14)18-9-3-4-10-18/h3-4,9-11H,1-2,5-8H2,(H,17,19). The maximum atomic E-state index is 12.6. The molecule has 2 aliphatic carbocycles. The summed E-state index contributed by atoms with van der Waals surface area (Å²) in [5.41, 5.74) is 2.25. The molecular weight excluding hydrogens is 268 g/mol. The summed E-state index contributed by atoms with van der Waals surface area (Å²) >= 11 is 1.80. The highest BCUT2D eigenvalue weighted by molar-refractivity contribution is 7.15. The number of rotatable bonds is 3. The van der Waals surface area contributed by atoms with E-state index in [1.807, 2.05) is 24.5 Å². The first-order valence-electron chi connectivity index (χ1n) is 7.41. The van der Waals surface area contributed by atoms with Gasteiger partial charge in [-0.3, -0.25) is 4.79 Å². The molecule has 1 fully saturated rings. The van der Waals surface area contributed by atoms with E-state index >= 15 is 0 Å². The lowest BCUT2D eigenvalue weighted by atomic mass is 9.95. The number of nitrogens with one attached hydrogen (secondary N) is 1. The predicted octanol–water partition coefficient (Wildman–Crippen LogP) is 3.31. The number of hydrogen-bond donors (Lipinski definition) is 1. The van der Waals surface area contributed by atoms with Crippen LogP contribution >= 0.6 is 11.3 Å². The maximum Gasteiger partial charge on any atom is 0.254 e. The van der Waals surface area contributed by atoms with Crippen LogP contribution in [0.2, 0.25) is 0 Å². The summed E-state index contributed by atoms with van der Waals surface area (Å²) in [7, 11) is 0. The van der Waals surface area contributed by atoms with Crippen LogP contribution in [0.1, 0.15) is 46.5 Å². The minimum Gasteiger partial charge on any atom is -0.349 e. The topological polar surface area (TPSA) is 34.0 Å². The average molecular weight is 286 g/mol. The molecule has 3 nitrogen and oxygen atoms in total. The van der Waals surface area contributed by atoms with E-state index in [-0.39, 0.29) is 5.91 Å². The number of carbonyl (C=O) groups excluding carboxylic acids is 1. The largest absolute Gasteiger partial charge is 0.349 e. The van der Waals surface area contributed by atoms with Gasteiger partial charge in [0.15, 0.2) is 0 Å². The van der Waals surface area contributed by atoms with E-state index in [1.165, 1.54) is 23.3 Å². The molecule has 0 radical (unpaired) electrons. The third-order valence-corrected chi connectivity index (χ3v) is 5.44. The van der Waals surface area contributed by atoms with E-state index in [9.17, 15) is 4.79 Å². The number of carbonyl (C=O) groups is 1. The van der Waals surface area contributed by atoms with Crippen molar-refractivity contribution in [1.82, 2.24) is 9.88 Å². The van der Waals surface area contributed by atoms with Crippen LogP contribution in [-0.2, 0) is 12.8 Å². The Balaban J connectivity index is 1.80. The van der Waals surface area contributed by atoms with Crippen molar-refractivity contribution in [2.24, 2.45) is 0 Å². The van der Waals surface area contributed by atoms with Gasteiger partial charge in [-0.1, -0.05) is 0 Å². The second kappa shape index (κ2) is 4.77. The molecule has 1 N–H and O–H groups in total. The fourth-order valence-electron chi connectivity index (χ4n) is 2.92. The molecule has 104 valence electrons. The van der Waals surface area contributed by atoms with E-state index in [4.69, 9.17) is 0 Å². The quantitative estimate of drug-likeness (QED) is 0.923. The van der Waals surface area contributed by atoms with Gasteiger partial charge in [-0.25, -0.2) is 0 Å². The molecule has 4 heteroatoms. The van der Waals surface area contributed by atoms with Crippen LogP contribution in [0.4, 0.5) is 0 Å². The lowest BCUT2D eigenvalue weighted by Crippen LogP contribution is -2.27. The summed E-state index contributed by atoms with van der Waals surface area (Å²) in [6.45, 7) is 0. The SMILES string of the molecule is O=C(NC1CC1)c1c(-n2cccc2)sc2c1CCCC2. The third-order valence-electron chi connectivity index (χ3n) is 4.13. The Bertz CT molecular complexity index is 638. The maximum absolute atomic E-state index is 12.6. The molecule has 0 aliphatic heterocycles. The zero-order valence-electron chi connectivity index (χ0n) is 11.4. The molecule has 20 heavy (non-hydrogen) atoms. The molecule has 0 bridgehead atoms. The van der Waals surface area contributed by atoms with Crippen LogP contribution < -0.4 is 5.32 Å². The van der Waals surface area contributed by atoms with E-state index in [0.29, 0.717) is 6.04 Å². The van der Waals surface area contributed by atoms with Crippen molar-refractivity contribution in [3.05, 3.63) is 40.5 Å². The van der Waals surface area contributed by atoms with Gasteiger partial charge in [0.05, 0.1) is 5.56 Å². The molecule has 2 aromatic rings. The molecule has 0 atom stereocenters. The normalized spacial score (nSPS) is 17.8. The fraction of sp³-hybridized carbons (Fsp3) is 0.438. The van der Waals surface area contributed by atoms with Gasteiger partial charge in [0, 0.05) is 23.3 Å². The zero-order valence-corrected chi connectivity index (χ0v) is 12.2. The Morgan fingerprint density at radius 3 is 2.70 bits per heavy atom. The molecule has 1 amide bonds. The summed E-state index contributed by atoms with van der Waals surface area (Å²) in [6.07, 6.45) is 11.0. The molecule has 0 spiro atoms. The van der Waals surface area contributed by atoms with Gasteiger partial charge in [0.2, 0.25) is 0 Å². The van der Waals surface area contributed by atoms with Gasteiger partial charge in [-0.05, 0) is 56.2 Å². The first kappa shape index (κ1) is 12.2. The van der Waals surface area contributed by atoms with Crippen molar-refractivity contribution < 1.29 is 4.79 Å². The number of amides is 1. The van der Waals surface area contributed by atoms with E-state index in [0.717, 1.165) is 36.2 Å². The highest BCUT2D eigenvalue weighted by Gasteiger charge is 2.30. The number of thiophene rings is 1. The zero-order chi connectivity index (χ0) is 13.5. The molecule has 0 aromatic carbocycles. The van der Waals surface area contributed by atoms with Crippen molar-refractivity contribution in [3.63, 3.8) is 0 Å². The first-order chi connectivity index (χ1) is 9.83. The second-order valence-electron chi connectivity index (χ2n) is 5.73. The molecule has 0 saturated heterocycles. The number of aromatic nitrogens is 1. The number of hydrogen-bond acceptors (Lipinski definition) is 2. The highest BCUT2D eigenvalue weighted by atomic mass is 32.1. The Labute approximate surface area is 122 Å². The van der Waals surface area contributed by atoms with Crippen LogP contribution in [0, 0.1) is 0 Å². The van der Waals surface area contributed by atoms with Crippen molar-refractivity contribution in [2.75, 3.05) is 0 Å². The summed E-state index contributed by atoms with van der Waals surface area (Å²) in [6, 6.07) is 4.45. The van der Waals surface area contributed by atoms with Gasteiger partial charge < -0.3 is 9.88 Å². The molecule has 0 unspecified atom stereocenters. The van der Waals surface area contributed by atoms with Crippen LogP contribution in [0.3, 0.4) is 0 Å². The third kappa shape index (κ3) is 2.08. The van der Waals surface area contributed by atoms with Gasteiger partial charge in [0.25, 0.3) is 5.91 Å². The summed E-state index contributed by atoms with van der Waals surface area (Å²) in [5, 5.41) is 4.26. The molecule has 2 aliphatic rings. The van der Waals surface area contributed by atoms with E-state index < -0.39 is 0 Å². The summed E-state index contributed by atoms with van der Waals surface area (Å²) in [4.78, 5) is 14.0. The predicted molar refractivity (Wildman–Crippen MR) is 80.8 cm³/mol. The molecular formula is C16H18N2OS. The summed E-state index contributed by atoms with van der Waals surface area (Å²) < 4.78 is 2.09. The molecule has 4 rings (SSSR count). The fourth-order valence-corrected chi connectivity index (χ4v) is 4.27. The van der Waals surface area contributed by atoms with Gasteiger partial charge >= 0.3 is 0 Å². The molecule has 2 heterocycles. The Morgan fingerprint density at radius 1 is 1.20 bits per heavy atom. The van der Waals surface area contributed by atoms with Crippen LogP contribution in [-0.4, -0.2) is 16.5 Å². The lowest BCUT2D eigenvalue weighted by Gasteiger charge is -2.13. The number of nitrogens with zero attached hydrogens (tertiary/aromatic N) is 1. The Kier molecular flexibility index (Phi) is 2.91.